The molecule has 0 radical (unpaired) electrons. The Kier molecular flexibility index (Phi) is 7.74. The Morgan fingerprint density at radius 1 is 0.409 bits per heavy atom. The topological polar surface area (TPSA) is 16.1 Å². The molecule has 0 aliphatic rings. The lowest BCUT2D eigenvalue weighted by molar-refractivity contribution is 1.27. The zero-order chi connectivity index (χ0) is 29.7. The van der Waals surface area contributed by atoms with Crippen molar-refractivity contribution in [2.45, 2.75) is 0 Å². The molecule has 0 unspecified atom stereocenters. The number of benzene rings is 6. The van der Waals surface area contributed by atoms with Crippen LogP contribution in [0.5, 0.6) is 0 Å². The molecule has 0 saturated heterocycles. The fourth-order valence-electron chi connectivity index (χ4n) is 5.62. The van der Waals surface area contributed by atoms with Crippen molar-refractivity contribution < 1.29 is 0 Å². The van der Waals surface area contributed by atoms with Gasteiger partial charge in [0.1, 0.15) is 0 Å². The molecule has 0 aliphatic heterocycles. The van der Waals surface area contributed by atoms with E-state index in [-0.39, 0.29) is 0 Å². The number of rotatable bonds is 7. The third-order valence-corrected chi connectivity index (χ3v) is 8.16. The van der Waals surface area contributed by atoms with Crippen LogP contribution in [0.3, 0.4) is 0 Å². The van der Waals surface area contributed by atoms with Crippen LogP contribution in [0.2, 0.25) is 5.02 Å². The van der Waals surface area contributed by atoms with E-state index in [1.54, 1.807) is 6.20 Å². The molecule has 0 saturated carbocycles. The van der Waals surface area contributed by atoms with Gasteiger partial charge < -0.3 is 4.90 Å². The third kappa shape index (κ3) is 5.64. The molecule has 0 aliphatic carbocycles. The van der Waals surface area contributed by atoms with Crippen LogP contribution in [0, 0.1) is 0 Å². The molecule has 7 rings (SSSR count). The van der Waals surface area contributed by atoms with Gasteiger partial charge >= 0.3 is 0 Å². The minimum absolute atomic E-state index is 0.665. The van der Waals surface area contributed by atoms with Gasteiger partial charge in [-0.25, -0.2) is 0 Å². The lowest BCUT2D eigenvalue weighted by Crippen LogP contribution is -2.11. The van der Waals surface area contributed by atoms with E-state index in [4.69, 9.17) is 11.6 Å². The first kappa shape index (κ1) is 27.4. The van der Waals surface area contributed by atoms with Crippen molar-refractivity contribution in [1.29, 1.82) is 0 Å². The number of hydrogen-bond donors (Lipinski definition) is 0. The first-order valence-electron chi connectivity index (χ1n) is 14.7. The van der Waals surface area contributed by atoms with Crippen molar-refractivity contribution in [2.75, 3.05) is 4.90 Å². The SMILES string of the molecule is Clc1ccc(N(c2ccc(-c3ccc(-c4ccccc4)cc3)cc2)c2ccccc2-c2ccccc2)cc1-c1ccccn1. The predicted octanol–water partition coefficient (Wildman–Crippen LogP) is 11.9. The monoisotopic (exact) mass is 584 g/mol. The van der Waals surface area contributed by atoms with Crippen molar-refractivity contribution >= 4 is 28.7 Å². The van der Waals surface area contributed by atoms with Crippen LogP contribution in [0.15, 0.2) is 176 Å². The summed E-state index contributed by atoms with van der Waals surface area (Å²) < 4.78 is 0. The molecule has 44 heavy (non-hydrogen) atoms. The maximum Gasteiger partial charge on any atom is 0.0717 e. The highest BCUT2D eigenvalue weighted by atomic mass is 35.5. The quantitative estimate of drug-likeness (QED) is 0.185. The van der Waals surface area contributed by atoms with Gasteiger partial charge in [0.15, 0.2) is 0 Å². The van der Waals surface area contributed by atoms with Gasteiger partial charge in [-0.15, -0.1) is 0 Å². The Balaban J connectivity index is 1.32. The van der Waals surface area contributed by atoms with Gasteiger partial charge in [-0.2, -0.15) is 0 Å². The number of anilines is 3. The normalized spacial score (nSPS) is 10.8. The molecule has 0 amide bonds. The van der Waals surface area contributed by atoms with Crippen LogP contribution < -0.4 is 4.90 Å². The lowest BCUT2D eigenvalue weighted by Gasteiger charge is -2.28. The second-order valence-electron chi connectivity index (χ2n) is 10.6. The number of aromatic nitrogens is 1. The van der Waals surface area contributed by atoms with Crippen LogP contribution >= 0.6 is 11.6 Å². The van der Waals surface area contributed by atoms with E-state index in [2.05, 4.69) is 143 Å². The zero-order valence-corrected chi connectivity index (χ0v) is 24.8. The van der Waals surface area contributed by atoms with Crippen molar-refractivity contribution in [3.8, 4) is 44.6 Å². The number of para-hydroxylation sites is 1. The summed E-state index contributed by atoms with van der Waals surface area (Å²) in [6, 6.07) is 59.1. The molecule has 0 bridgehead atoms. The highest BCUT2D eigenvalue weighted by Crippen LogP contribution is 2.43. The van der Waals surface area contributed by atoms with Gasteiger partial charge in [0.2, 0.25) is 0 Å². The number of nitrogens with zero attached hydrogens (tertiary/aromatic N) is 2. The molecular formula is C41H29ClN2. The molecule has 0 spiro atoms. The van der Waals surface area contributed by atoms with Gasteiger partial charge in [0.05, 0.1) is 16.4 Å². The Labute approximate surface area is 263 Å². The largest absolute Gasteiger partial charge is 0.310 e. The minimum atomic E-state index is 0.665. The van der Waals surface area contributed by atoms with Gasteiger partial charge in [0, 0.05) is 28.7 Å². The molecule has 7 aromatic rings. The van der Waals surface area contributed by atoms with Crippen LogP contribution in [0.4, 0.5) is 17.1 Å². The van der Waals surface area contributed by atoms with Crippen LogP contribution in [0.1, 0.15) is 0 Å². The van der Waals surface area contributed by atoms with E-state index < -0.39 is 0 Å². The van der Waals surface area contributed by atoms with Crippen molar-refractivity contribution in [2.24, 2.45) is 0 Å². The number of halogens is 1. The van der Waals surface area contributed by atoms with Crippen LogP contribution in [-0.2, 0) is 0 Å². The average molecular weight is 585 g/mol. The van der Waals surface area contributed by atoms with E-state index in [0.29, 0.717) is 5.02 Å². The van der Waals surface area contributed by atoms with Crippen molar-refractivity contribution in [3.63, 3.8) is 0 Å². The molecule has 3 heteroatoms. The first-order valence-corrected chi connectivity index (χ1v) is 15.0. The fourth-order valence-corrected chi connectivity index (χ4v) is 5.83. The first-order chi connectivity index (χ1) is 21.7. The van der Waals surface area contributed by atoms with Gasteiger partial charge in [-0.05, 0) is 76.3 Å². The highest BCUT2D eigenvalue weighted by Gasteiger charge is 2.19. The smallest absolute Gasteiger partial charge is 0.0717 e. The molecule has 6 aromatic carbocycles. The van der Waals surface area contributed by atoms with Crippen LogP contribution in [0.25, 0.3) is 44.6 Å². The zero-order valence-electron chi connectivity index (χ0n) is 24.0. The summed E-state index contributed by atoms with van der Waals surface area (Å²) in [4.78, 5) is 6.89. The third-order valence-electron chi connectivity index (χ3n) is 7.83. The summed E-state index contributed by atoms with van der Waals surface area (Å²) in [5.74, 6) is 0. The Morgan fingerprint density at radius 2 is 0.932 bits per heavy atom. The van der Waals surface area contributed by atoms with E-state index >= 15 is 0 Å². The summed E-state index contributed by atoms with van der Waals surface area (Å²) in [6.07, 6.45) is 1.80. The Hall–Kier alpha value is -5.44. The summed E-state index contributed by atoms with van der Waals surface area (Å²) in [6.45, 7) is 0. The van der Waals surface area contributed by atoms with Crippen molar-refractivity contribution in [3.05, 3.63) is 181 Å². The molecule has 2 nitrogen and oxygen atoms in total. The molecule has 0 N–H and O–H groups in total. The molecule has 0 atom stereocenters. The lowest BCUT2D eigenvalue weighted by atomic mass is 9.99. The summed E-state index contributed by atoms with van der Waals surface area (Å²) in [7, 11) is 0. The Bertz CT molecular complexity index is 1990. The second-order valence-corrected chi connectivity index (χ2v) is 11.0. The molecule has 1 heterocycles. The Morgan fingerprint density at radius 3 is 1.57 bits per heavy atom. The van der Waals surface area contributed by atoms with E-state index in [1.165, 1.54) is 16.7 Å². The maximum absolute atomic E-state index is 6.73. The van der Waals surface area contributed by atoms with E-state index in [1.807, 2.05) is 36.4 Å². The standard InChI is InChI=1S/C41H29ClN2/c42-39-27-26-36(29-38(39)40-16-9-10-28-43-40)44(41-17-8-7-15-37(41)34-13-5-2-6-14-34)35-24-22-33(23-25-35)32-20-18-31(19-21-32)30-11-3-1-4-12-30/h1-29H. The summed E-state index contributed by atoms with van der Waals surface area (Å²) in [5, 5.41) is 0.665. The van der Waals surface area contributed by atoms with Gasteiger partial charge in [-0.3, -0.25) is 4.98 Å². The molecule has 210 valence electrons. The average Bonchev–Trinajstić information content (AvgIpc) is 3.11. The summed E-state index contributed by atoms with van der Waals surface area (Å²) >= 11 is 6.73. The van der Waals surface area contributed by atoms with Gasteiger partial charge in [-0.1, -0.05) is 133 Å². The highest BCUT2D eigenvalue weighted by molar-refractivity contribution is 6.33. The van der Waals surface area contributed by atoms with Crippen molar-refractivity contribution in [1.82, 2.24) is 4.98 Å². The minimum Gasteiger partial charge on any atom is -0.310 e. The van der Waals surface area contributed by atoms with Gasteiger partial charge in [0.25, 0.3) is 0 Å². The van der Waals surface area contributed by atoms with E-state index in [0.717, 1.165) is 45.0 Å². The second kappa shape index (κ2) is 12.4. The summed E-state index contributed by atoms with van der Waals surface area (Å²) in [5.41, 5.74) is 11.9. The molecule has 1 aromatic heterocycles. The molecular weight excluding hydrogens is 556 g/mol. The predicted molar refractivity (Wildman–Crippen MR) is 186 cm³/mol. The van der Waals surface area contributed by atoms with E-state index in [9.17, 15) is 0 Å². The number of hydrogen-bond acceptors (Lipinski definition) is 2. The fraction of sp³-hybridized carbons (Fsp3) is 0. The number of pyridine rings is 1. The van der Waals surface area contributed by atoms with Crippen LogP contribution in [-0.4, -0.2) is 4.98 Å². The maximum atomic E-state index is 6.73. The molecule has 0 fully saturated rings.